The van der Waals surface area contributed by atoms with Gasteiger partial charge < -0.3 is 14.0 Å². The molecule has 1 fully saturated rings. The maximum absolute atomic E-state index is 5.45. The third kappa shape index (κ3) is 1.75. The first-order valence-electron chi connectivity index (χ1n) is 5.40. The number of nitrogens with zero attached hydrogens (tertiary/aromatic N) is 1. The minimum absolute atomic E-state index is 0.190. The summed E-state index contributed by atoms with van der Waals surface area (Å²) in [6.07, 6.45) is 3.88. The molecule has 0 radical (unpaired) electrons. The van der Waals surface area contributed by atoms with Gasteiger partial charge in [0.2, 0.25) is 0 Å². The van der Waals surface area contributed by atoms with Crippen molar-refractivity contribution in [1.82, 2.24) is 4.57 Å². The van der Waals surface area contributed by atoms with Crippen LogP contribution >= 0.6 is 0 Å². The van der Waals surface area contributed by atoms with E-state index in [4.69, 9.17) is 9.47 Å². The van der Waals surface area contributed by atoms with E-state index in [2.05, 4.69) is 16.7 Å². The van der Waals surface area contributed by atoms with Crippen LogP contribution in [0, 0.1) is 0 Å². The first-order valence-corrected chi connectivity index (χ1v) is 5.40. The van der Waals surface area contributed by atoms with Gasteiger partial charge in [0.25, 0.3) is 0 Å². The highest BCUT2D eigenvalue weighted by Crippen LogP contribution is 2.24. The minimum atomic E-state index is -0.190. The summed E-state index contributed by atoms with van der Waals surface area (Å²) in [6, 6.07) is 12.2. The zero-order valence-corrected chi connectivity index (χ0v) is 8.87. The molecule has 1 aliphatic heterocycles. The largest absolute Gasteiger partial charge is 0.346 e. The zero-order valence-electron chi connectivity index (χ0n) is 8.87. The molecular weight excluding hydrogens is 202 g/mol. The Hall–Kier alpha value is -1.58. The smallest absolute Gasteiger partial charge is 0.185 e. The van der Waals surface area contributed by atoms with Crippen molar-refractivity contribution in [2.75, 3.05) is 13.2 Å². The van der Waals surface area contributed by atoms with Crippen molar-refractivity contribution < 1.29 is 9.47 Å². The van der Waals surface area contributed by atoms with Crippen LogP contribution in [0.15, 0.2) is 48.8 Å². The van der Waals surface area contributed by atoms with Crippen LogP contribution in [0.3, 0.4) is 0 Å². The molecule has 0 bridgehead atoms. The van der Waals surface area contributed by atoms with Crippen LogP contribution in [0.25, 0.3) is 5.69 Å². The van der Waals surface area contributed by atoms with Gasteiger partial charge in [0.1, 0.15) is 0 Å². The zero-order chi connectivity index (χ0) is 10.8. The van der Waals surface area contributed by atoms with Crippen LogP contribution in [-0.4, -0.2) is 17.8 Å². The van der Waals surface area contributed by atoms with E-state index in [0.29, 0.717) is 13.2 Å². The van der Waals surface area contributed by atoms with Gasteiger partial charge in [0.15, 0.2) is 6.29 Å². The molecule has 3 heteroatoms. The third-order valence-electron chi connectivity index (χ3n) is 2.66. The molecular formula is C13H13NO2. The monoisotopic (exact) mass is 215 g/mol. The van der Waals surface area contributed by atoms with Crippen molar-refractivity contribution in [3.8, 4) is 5.69 Å². The van der Waals surface area contributed by atoms with Crippen molar-refractivity contribution in [3.05, 3.63) is 54.4 Å². The van der Waals surface area contributed by atoms with Crippen molar-refractivity contribution in [3.63, 3.8) is 0 Å². The Labute approximate surface area is 94.2 Å². The van der Waals surface area contributed by atoms with Crippen LogP contribution in [-0.2, 0) is 9.47 Å². The van der Waals surface area contributed by atoms with Crippen molar-refractivity contribution in [1.29, 1.82) is 0 Å². The van der Waals surface area contributed by atoms with Crippen molar-refractivity contribution >= 4 is 0 Å². The van der Waals surface area contributed by atoms with Crippen LogP contribution in [0.1, 0.15) is 11.9 Å². The molecule has 0 saturated carbocycles. The molecule has 1 aliphatic rings. The maximum Gasteiger partial charge on any atom is 0.185 e. The Morgan fingerprint density at radius 2 is 1.75 bits per heavy atom. The number of para-hydroxylation sites is 1. The second kappa shape index (κ2) is 4.12. The van der Waals surface area contributed by atoms with E-state index < -0.39 is 0 Å². The van der Waals surface area contributed by atoms with Crippen molar-refractivity contribution in [2.45, 2.75) is 6.29 Å². The summed E-state index contributed by atoms with van der Waals surface area (Å²) >= 11 is 0. The van der Waals surface area contributed by atoms with Gasteiger partial charge >= 0.3 is 0 Å². The highest BCUT2D eigenvalue weighted by molar-refractivity contribution is 5.33. The molecule has 16 heavy (non-hydrogen) atoms. The molecule has 0 unspecified atom stereocenters. The van der Waals surface area contributed by atoms with Gasteiger partial charge in [0.05, 0.1) is 13.2 Å². The molecule has 1 saturated heterocycles. The summed E-state index contributed by atoms with van der Waals surface area (Å²) in [5, 5.41) is 0. The summed E-state index contributed by atoms with van der Waals surface area (Å²) in [5.41, 5.74) is 2.22. The van der Waals surface area contributed by atoms with E-state index in [-0.39, 0.29) is 6.29 Å². The number of hydrogen-bond acceptors (Lipinski definition) is 2. The van der Waals surface area contributed by atoms with Gasteiger partial charge in [-0.25, -0.2) is 0 Å². The van der Waals surface area contributed by atoms with Crippen molar-refractivity contribution in [2.24, 2.45) is 0 Å². The Bertz CT molecular complexity index is 458. The van der Waals surface area contributed by atoms with E-state index in [1.165, 1.54) is 0 Å². The van der Waals surface area contributed by atoms with Crippen LogP contribution < -0.4 is 0 Å². The minimum Gasteiger partial charge on any atom is -0.346 e. The molecule has 3 nitrogen and oxygen atoms in total. The first kappa shape index (κ1) is 9.63. The molecule has 0 N–H and O–H groups in total. The summed E-state index contributed by atoms with van der Waals surface area (Å²) < 4.78 is 13.0. The lowest BCUT2D eigenvalue weighted by Gasteiger charge is -2.06. The maximum atomic E-state index is 5.45. The predicted octanol–water partition coefficient (Wildman–Crippen LogP) is 2.52. The summed E-state index contributed by atoms with van der Waals surface area (Å²) in [6.45, 7) is 1.36. The van der Waals surface area contributed by atoms with Crippen LogP contribution in [0.4, 0.5) is 0 Å². The normalized spacial score (nSPS) is 16.8. The Kier molecular flexibility index (Phi) is 2.48. The average molecular weight is 215 g/mol. The van der Waals surface area contributed by atoms with E-state index in [9.17, 15) is 0 Å². The van der Waals surface area contributed by atoms with Gasteiger partial charge in [0, 0.05) is 23.6 Å². The third-order valence-corrected chi connectivity index (χ3v) is 2.66. The lowest BCUT2D eigenvalue weighted by molar-refractivity contribution is -0.0440. The van der Waals surface area contributed by atoms with E-state index in [0.717, 1.165) is 11.3 Å². The van der Waals surface area contributed by atoms with E-state index in [1.54, 1.807) is 0 Å². The van der Waals surface area contributed by atoms with Crippen LogP contribution in [0.2, 0.25) is 0 Å². The average Bonchev–Trinajstić information content (AvgIpc) is 3.01. The fourth-order valence-corrected chi connectivity index (χ4v) is 1.86. The summed E-state index contributed by atoms with van der Waals surface area (Å²) in [7, 11) is 0. The highest BCUT2D eigenvalue weighted by Gasteiger charge is 2.19. The standard InChI is InChI=1S/C13H13NO2/c1-2-4-12(5-3-1)14-7-6-11(10-14)13-15-8-9-16-13/h1-7,10,13H,8-9H2. The number of benzene rings is 1. The van der Waals surface area contributed by atoms with E-state index in [1.807, 2.05) is 36.7 Å². The molecule has 1 aromatic carbocycles. The Morgan fingerprint density at radius 3 is 2.50 bits per heavy atom. The van der Waals surface area contributed by atoms with Gasteiger partial charge in [-0.15, -0.1) is 0 Å². The second-order valence-corrected chi connectivity index (χ2v) is 3.76. The molecule has 2 heterocycles. The summed E-state index contributed by atoms with van der Waals surface area (Å²) in [5.74, 6) is 0. The van der Waals surface area contributed by atoms with Crippen LogP contribution in [0.5, 0.6) is 0 Å². The molecule has 0 amide bonds. The Morgan fingerprint density at radius 1 is 1.00 bits per heavy atom. The molecule has 2 aromatic rings. The van der Waals surface area contributed by atoms with Gasteiger partial charge in [-0.05, 0) is 18.2 Å². The molecule has 0 spiro atoms. The Balaban J connectivity index is 1.87. The lowest BCUT2D eigenvalue weighted by atomic mass is 10.3. The van der Waals surface area contributed by atoms with Gasteiger partial charge in [-0.2, -0.15) is 0 Å². The lowest BCUT2D eigenvalue weighted by Crippen LogP contribution is -1.96. The van der Waals surface area contributed by atoms with E-state index >= 15 is 0 Å². The fourth-order valence-electron chi connectivity index (χ4n) is 1.86. The first-order chi connectivity index (χ1) is 7.93. The molecule has 1 aromatic heterocycles. The molecule has 3 rings (SSSR count). The summed E-state index contributed by atoms with van der Waals surface area (Å²) in [4.78, 5) is 0. The quantitative estimate of drug-likeness (QED) is 0.768. The fraction of sp³-hybridized carbons (Fsp3) is 0.231. The number of hydrogen-bond donors (Lipinski definition) is 0. The molecule has 82 valence electrons. The number of rotatable bonds is 2. The predicted molar refractivity (Wildman–Crippen MR) is 60.4 cm³/mol. The topological polar surface area (TPSA) is 23.4 Å². The van der Waals surface area contributed by atoms with Gasteiger partial charge in [-0.1, -0.05) is 18.2 Å². The number of aromatic nitrogens is 1. The number of ether oxygens (including phenoxy) is 2. The molecule has 0 aliphatic carbocycles. The van der Waals surface area contributed by atoms with Gasteiger partial charge in [-0.3, -0.25) is 0 Å². The molecule has 0 atom stereocenters. The second-order valence-electron chi connectivity index (χ2n) is 3.76. The highest BCUT2D eigenvalue weighted by atomic mass is 16.7. The SMILES string of the molecule is c1ccc(-n2ccc(C3OCCO3)c2)cc1.